The van der Waals surface area contributed by atoms with Gasteiger partial charge in [0.05, 0.1) is 0 Å². The predicted molar refractivity (Wildman–Crippen MR) is 85.7 cm³/mol. The third-order valence-electron chi connectivity index (χ3n) is 4.55. The van der Waals surface area contributed by atoms with Crippen molar-refractivity contribution in [3.05, 3.63) is 81.4 Å². The van der Waals surface area contributed by atoms with Crippen LogP contribution in [0.3, 0.4) is 0 Å². The van der Waals surface area contributed by atoms with Crippen molar-refractivity contribution in [3.8, 4) is 0 Å². The average molecular weight is 258 g/mol. The van der Waals surface area contributed by atoms with Crippen LogP contribution >= 0.6 is 0 Å². The first-order valence-electron chi connectivity index (χ1n) is 7.30. The van der Waals surface area contributed by atoms with E-state index < -0.39 is 0 Å². The van der Waals surface area contributed by atoms with Crippen molar-refractivity contribution in [2.75, 3.05) is 0 Å². The molecule has 2 aromatic carbocycles. The Kier molecular flexibility index (Phi) is 2.47. The molecule has 2 aromatic rings. The number of benzene rings is 2. The fourth-order valence-corrected chi connectivity index (χ4v) is 3.70. The summed E-state index contributed by atoms with van der Waals surface area (Å²) >= 11 is 0. The molecule has 0 fully saturated rings. The van der Waals surface area contributed by atoms with E-state index >= 15 is 0 Å². The van der Waals surface area contributed by atoms with Crippen LogP contribution in [0.15, 0.2) is 53.6 Å². The van der Waals surface area contributed by atoms with E-state index in [-0.39, 0.29) is 0 Å². The Morgan fingerprint density at radius 2 is 1.65 bits per heavy atom. The van der Waals surface area contributed by atoms with Crippen LogP contribution in [0, 0.1) is 0 Å². The van der Waals surface area contributed by atoms with Crippen LogP contribution in [0.25, 0.3) is 12.2 Å². The highest BCUT2D eigenvalue weighted by atomic mass is 14.3. The molecular weight excluding hydrogens is 240 g/mol. The first kappa shape index (κ1) is 11.7. The van der Waals surface area contributed by atoms with Gasteiger partial charge in [-0.2, -0.15) is 0 Å². The maximum absolute atomic E-state index is 2.37. The zero-order chi connectivity index (χ0) is 13.7. The van der Waals surface area contributed by atoms with E-state index in [2.05, 4.69) is 68.5 Å². The van der Waals surface area contributed by atoms with Crippen molar-refractivity contribution < 1.29 is 0 Å². The molecule has 0 N–H and O–H groups in total. The van der Waals surface area contributed by atoms with Crippen LogP contribution in [-0.2, 0) is 6.42 Å². The van der Waals surface area contributed by atoms with E-state index in [9.17, 15) is 0 Å². The first-order chi connectivity index (χ1) is 9.74. The number of hydrogen-bond acceptors (Lipinski definition) is 0. The van der Waals surface area contributed by atoms with E-state index in [1.54, 1.807) is 0 Å². The van der Waals surface area contributed by atoms with E-state index in [1.165, 1.54) is 39.0 Å². The molecule has 0 radical (unpaired) electrons. The van der Waals surface area contributed by atoms with Gasteiger partial charge < -0.3 is 0 Å². The van der Waals surface area contributed by atoms with Gasteiger partial charge in [0.1, 0.15) is 0 Å². The summed E-state index contributed by atoms with van der Waals surface area (Å²) in [4.78, 5) is 0. The van der Waals surface area contributed by atoms with Crippen LogP contribution in [0.2, 0.25) is 0 Å². The zero-order valence-electron chi connectivity index (χ0n) is 12.0. The average Bonchev–Trinajstić information content (AvgIpc) is 2.96. The summed E-state index contributed by atoms with van der Waals surface area (Å²) in [5.74, 6) is 0.434. The molecule has 98 valence electrons. The van der Waals surface area contributed by atoms with Gasteiger partial charge in [-0.1, -0.05) is 65.8 Å². The standard InChI is InChI=1S/C20H18/c1-13-10-15-7-5-9-18(19(15)11-13)20-14(2)12-16-6-3-4-8-17(16)20/h3-9,11-12,20H,10H2,1-2H3/t20-/m1/s1. The van der Waals surface area contributed by atoms with Crippen molar-refractivity contribution in [3.63, 3.8) is 0 Å². The van der Waals surface area contributed by atoms with Crippen LogP contribution in [0.5, 0.6) is 0 Å². The lowest BCUT2D eigenvalue weighted by atomic mass is 9.85. The highest BCUT2D eigenvalue weighted by molar-refractivity contribution is 5.74. The molecule has 2 aliphatic carbocycles. The van der Waals surface area contributed by atoms with E-state index in [1.807, 2.05) is 0 Å². The maximum atomic E-state index is 2.37. The summed E-state index contributed by atoms with van der Waals surface area (Å²) in [6, 6.07) is 15.6. The summed E-state index contributed by atoms with van der Waals surface area (Å²) in [5, 5.41) is 0. The molecule has 1 atom stereocenters. The molecule has 0 saturated heterocycles. The molecule has 20 heavy (non-hydrogen) atoms. The van der Waals surface area contributed by atoms with Crippen molar-refractivity contribution in [1.29, 1.82) is 0 Å². The molecule has 4 rings (SSSR count). The molecule has 0 aromatic heterocycles. The van der Waals surface area contributed by atoms with Crippen molar-refractivity contribution >= 4 is 12.2 Å². The number of hydrogen-bond donors (Lipinski definition) is 0. The minimum absolute atomic E-state index is 0.434. The summed E-state index contributed by atoms with van der Waals surface area (Å²) in [6.45, 7) is 4.49. The largest absolute Gasteiger partial charge is 0.0683 e. The quantitative estimate of drug-likeness (QED) is 0.660. The molecule has 0 amide bonds. The normalized spacial score (nSPS) is 19.4. The summed E-state index contributed by atoms with van der Waals surface area (Å²) < 4.78 is 0. The molecule has 2 aliphatic rings. The molecule has 0 bridgehead atoms. The smallest absolute Gasteiger partial charge is 0.0311 e. The second kappa shape index (κ2) is 4.21. The minimum atomic E-state index is 0.434. The molecule has 0 saturated carbocycles. The minimum Gasteiger partial charge on any atom is -0.0683 e. The molecule has 0 unspecified atom stereocenters. The molecular formula is C20H18. The van der Waals surface area contributed by atoms with Gasteiger partial charge in [-0.05, 0) is 48.1 Å². The molecule has 0 aliphatic heterocycles. The van der Waals surface area contributed by atoms with E-state index in [0.717, 1.165) is 6.42 Å². The summed E-state index contributed by atoms with van der Waals surface area (Å²) in [6.07, 6.45) is 5.82. The Labute approximate surface area is 120 Å². The highest BCUT2D eigenvalue weighted by Gasteiger charge is 2.27. The lowest BCUT2D eigenvalue weighted by molar-refractivity contribution is 0.969. The first-order valence-corrected chi connectivity index (χ1v) is 7.30. The molecule has 0 spiro atoms. The van der Waals surface area contributed by atoms with Crippen molar-refractivity contribution in [2.24, 2.45) is 0 Å². The summed E-state index contributed by atoms with van der Waals surface area (Å²) in [7, 11) is 0. The fourth-order valence-electron chi connectivity index (χ4n) is 3.70. The Balaban J connectivity index is 1.92. The Morgan fingerprint density at radius 1 is 0.850 bits per heavy atom. The second-order valence-electron chi connectivity index (χ2n) is 6.04. The highest BCUT2D eigenvalue weighted by Crippen LogP contribution is 2.43. The number of fused-ring (bicyclic) bond motifs is 2. The second-order valence-corrected chi connectivity index (χ2v) is 6.04. The lowest BCUT2D eigenvalue weighted by Gasteiger charge is -2.18. The molecule has 0 heteroatoms. The van der Waals surface area contributed by atoms with Gasteiger partial charge in [0.2, 0.25) is 0 Å². The van der Waals surface area contributed by atoms with Crippen LogP contribution < -0.4 is 0 Å². The summed E-state index contributed by atoms with van der Waals surface area (Å²) in [5.41, 5.74) is 10.2. The van der Waals surface area contributed by atoms with Gasteiger partial charge in [-0.3, -0.25) is 0 Å². The van der Waals surface area contributed by atoms with Crippen LogP contribution in [-0.4, -0.2) is 0 Å². The van der Waals surface area contributed by atoms with Gasteiger partial charge in [0.15, 0.2) is 0 Å². The van der Waals surface area contributed by atoms with Gasteiger partial charge in [0.25, 0.3) is 0 Å². The van der Waals surface area contributed by atoms with Gasteiger partial charge >= 0.3 is 0 Å². The molecule has 0 nitrogen and oxygen atoms in total. The Hall–Kier alpha value is -2.08. The zero-order valence-corrected chi connectivity index (χ0v) is 12.0. The Bertz CT molecular complexity index is 759. The van der Waals surface area contributed by atoms with Gasteiger partial charge in [-0.15, -0.1) is 0 Å². The van der Waals surface area contributed by atoms with Crippen LogP contribution in [0.1, 0.15) is 47.6 Å². The van der Waals surface area contributed by atoms with E-state index in [4.69, 9.17) is 0 Å². The third-order valence-corrected chi connectivity index (χ3v) is 4.55. The number of rotatable bonds is 1. The monoisotopic (exact) mass is 258 g/mol. The van der Waals surface area contributed by atoms with Crippen LogP contribution in [0.4, 0.5) is 0 Å². The van der Waals surface area contributed by atoms with Crippen molar-refractivity contribution in [1.82, 2.24) is 0 Å². The van der Waals surface area contributed by atoms with E-state index in [0.29, 0.717) is 5.92 Å². The number of allylic oxidation sites excluding steroid dienone is 2. The SMILES string of the molecule is CC1=Cc2c(cccc2[C@@H]2C(C)=Cc3ccccc32)C1. The molecule has 0 heterocycles. The van der Waals surface area contributed by atoms with Gasteiger partial charge in [0, 0.05) is 5.92 Å². The van der Waals surface area contributed by atoms with Crippen molar-refractivity contribution in [2.45, 2.75) is 26.2 Å². The maximum Gasteiger partial charge on any atom is 0.0311 e. The predicted octanol–water partition coefficient (Wildman–Crippen LogP) is 5.19. The lowest BCUT2D eigenvalue weighted by Crippen LogP contribution is -2.02. The topological polar surface area (TPSA) is 0 Å². The van der Waals surface area contributed by atoms with Gasteiger partial charge in [-0.25, -0.2) is 0 Å². The Morgan fingerprint density at radius 3 is 2.55 bits per heavy atom. The fraction of sp³-hybridized carbons (Fsp3) is 0.200. The third kappa shape index (κ3) is 1.61.